The molecule has 0 fully saturated rings. The minimum absolute atomic E-state index is 0.104. The van der Waals surface area contributed by atoms with Gasteiger partial charge in [-0.2, -0.15) is 0 Å². The number of aromatic nitrogens is 2. The number of rotatable bonds is 5. The molecular formula is C13H15ClFN3S. The van der Waals surface area contributed by atoms with E-state index >= 15 is 0 Å². The fourth-order valence-corrected chi connectivity index (χ4v) is 2.52. The standard InChI is InChI=1S/C13H15ClFN3S/c1-8(2)6-16-7-12-17-18-13(19-12)9-3-4-11(15)10(14)5-9/h3-5,8,16H,6-7H2,1-2H3. The molecule has 0 saturated carbocycles. The van der Waals surface area contributed by atoms with E-state index in [1.165, 1.54) is 17.4 Å². The first kappa shape index (κ1) is 14.4. The molecule has 0 aliphatic carbocycles. The Kier molecular flexibility index (Phi) is 4.85. The molecule has 0 saturated heterocycles. The maximum absolute atomic E-state index is 13.1. The Hall–Kier alpha value is -1.04. The Balaban J connectivity index is 2.05. The van der Waals surface area contributed by atoms with Crippen LogP contribution in [-0.4, -0.2) is 16.7 Å². The fraction of sp³-hybridized carbons (Fsp3) is 0.385. The van der Waals surface area contributed by atoms with Crippen LogP contribution in [0.25, 0.3) is 10.6 Å². The van der Waals surface area contributed by atoms with Gasteiger partial charge in [0.1, 0.15) is 15.8 Å². The lowest BCUT2D eigenvalue weighted by Gasteiger charge is -2.04. The zero-order valence-electron chi connectivity index (χ0n) is 10.8. The van der Waals surface area contributed by atoms with Crippen molar-refractivity contribution >= 4 is 22.9 Å². The van der Waals surface area contributed by atoms with Gasteiger partial charge in [0.05, 0.1) is 5.02 Å². The van der Waals surface area contributed by atoms with E-state index in [1.807, 2.05) is 0 Å². The van der Waals surface area contributed by atoms with Crippen LogP contribution in [0.4, 0.5) is 4.39 Å². The number of benzene rings is 1. The molecule has 1 aromatic carbocycles. The summed E-state index contributed by atoms with van der Waals surface area (Å²) >= 11 is 7.24. The zero-order chi connectivity index (χ0) is 13.8. The average molecular weight is 300 g/mol. The molecule has 0 aliphatic heterocycles. The first-order valence-corrected chi connectivity index (χ1v) is 7.24. The van der Waals surface area contributed by atoms with Gasteiger partial charge in [-0.25, -0.2) is 4.39 Å². The third kappa shape index (κ3) is 3.96. The molecular weight excluding hydrogens is 285 g/mol. The highest BCUT2D eigenvalue weighted by Crippen LogP contribution is 2.27. The summed E-state index contributed by atoms with van der Waals surface area (Å²) in [5.41, 5.74) is 0.791. The van der Waals surface area contributed by atoms with Crippen LogP contribution in [0.3, 0.4) is 0 Å². The third-order valence-corrected chi connectivity index (χ3v) is 3.72. The van der Waals surface area contributed by atoms with Gasteiger partial charge in [-0.05, 0) is 30.7 Å². The molecule has 1 aromatic heterocycles. The number of hydrogen-bond donors (Lipinski definition) is 1. The van der Waals surface area contributed by atoms with Gasteiger partial charge in [0, 0.05) is 12.1 Å². The SMILES string of the molecule is CC(C)CNCc1nnc(-c2ccc(F)c(Cl)c2)s1. The van der Waals surface area contributed by atoms with Crippen LogP contribution in [0, 0.1) is 11.7 Å². The lowest BCUT2D eigenvalue weighted by molar-refractivity contribution is 0.550. The molecule has 6 heteroatoms. The van der Waals surface area contributed by atoms with Gasteiger partial charge in [-0.3, -0.25) is 0 Å². The van der Waals surface area contributed by atoms with E-state index in [4.69, 9.17) is 11.6 Å². The molecule has 0 bridgehead atoms. The predicted octanol–water partition coefficient (Wildman–Crippen LogP) is 3.74. The lowest BCUT2D eigenvalue weighted by Crippen LogP contribution is -2.18. The second kappa shape index (κ2) is 6.41. The molecule has 0 spiro atoms. The number of nitrogens with one attached hydrogen (secondary N) is 1. The Morgan fingerprint density at radius 1 is 1.37 bits per heavy atom. The van der Waals surface area contributed by atoms with Crippen LogP contribution in [-0.2, 0) is 6.54 Å². The molecule has 2 aromatic rings. The topological polar surface area (TPSA) is 37.8 Å². The first-order chi connectivity index (χ1) is 9.06. The van der Waals surface area contributed by atoms with Gasteiger partial charge in [-0.1, -0.05) is 36.8 Å². The van der Waals surface area contributed by atoms with Gasteiger partial charge in [-0.15, -0.1) is 10.2 Å². The van der Waals surface area contributed by atoms with Gasteiger partial charge in [0.25, 0.3) is 0 Å². The highest BCUT2D eigenvalue weighted by atomic mass is 35.5. The first-order valence-electron chi connectivity index (χ1n) is 6.05. The molecule has 0 aliphatic rings. The monoisotopic (exact) mass is 299 g/mol. The van der Waals surface area contributed by atoms with Gasteiger partial charge in [0.2, 0.25) is 0 Å². The van der Waals surface area contributed by atoms with Crippen molar-refractivity contribution < 1.29 is 4.39 Å². The van der Waals surface area contributed by atoms with Gasteiger partial charge in [0.15, 0.2) is 0 Å². The van der Waals surface area contributed by atoms with E-state index in [0.717, 1.165) is 22.1 Å². The highest BCUT2D eigenvalue weighted by molar-refractivity contribution is 7.14. The van der Waals surface area contributed by atoms with Crippen molar-refractivity contribution in [2.45, 2.75) is 20.4 Å². The van der Waals surface area contributed by atoms with Crippen LogP contribution in [0.15, 0.2) is 18.2 Å². The highest BCUT2D eigenvalue weighted by Gasteiger charge is 2.09. The molecule has 0 unspecified atom stereocenters. The van der Waals surface area contributed by atoms with Crippen LogP contribution >= 0.6 is 22.9 Å². The molecule has 0 atom stereocenters. The van der Waals surface area contributed by atoms with E-state index in [-0.39, 0.29) is 5.02 Å². The summed E-state index contributed by atoms with van der Waals surface area (Å²) in [5.74, 6) is 0.178. The summed E-state index contributed by atoms with van der Waals surface area (Å²) in [7, 11) is 0. The van der Waals surface area contributed by atoms with Crippen LogP contribution < -0.4 is 5.32 Å². The Morgan fingerprint density at radius 2 is 2.16 bits per heavy atom. The second-order valence-electron chi connectivity index (χ2n) is 4.65. The van der Waals surface area contributed by atoms with E-state index in [0.29, 0.717) is 12.5 Å². The zero-order valence-corrected chi connectivity index (χ0v) is 12.4. The fourth-order valence-electron chi connectivity index (χ4n) is 1.54. The van der Waals surface area contributed by atoms with Crippen molar-refractivity contribution in [2.75, 3.05) is 6.54 Å². The molecule has 0 amide bonds. The van der Waals surface area contributed by atoms with Crippen molar-refractivity contribution in [3.63, 3.8) is 0 Å². The predicted molar refractivity (Wildman–Crippen MR) is 76.9 cm³/mol. The molecule has 1 N–H and O–H groups in total. The van der Waals surface area contributed by atoms with Crippen molar-refractivity contribution in [3.05, 3.63) is 34.0 Å². The molecule has 0 radical (unpaired) electrons. The Bertz CT molecular complexity index is 557. The molecule has 3 nitrogen and oxygen atoms in total. The summed E-state index contributed by atoms with van der Waals surface area (Å²) in [6, 6.07) is 4.57. The summed E-state index contributed by atoms with van der Waals surface area (Å²) in [6.45, 7) is 5.94. The van der Waals surface area contributed by atoms with Crippen molar-refractivity contribution in [2.24, 2.45) is 5.92 Å². The molecule has 19 heavy (non-hydrogen) atoms. The smallest absolute Gasteiger partial charge is 0.147 e. The minimum atomic E-state index is -0.422. The number of nitrogens with zero attached hydrogens (tertiary/aromatic N) is 2. The van der Waals surface area contributed by atoms with Crippen molar-refractivity contribution in [3.8, 4) is 10.6 Å². The summed E-state index contributed by atoms with van der Waals surface area (Å²) in [4.78, 5) is 0. The maximum atomic E-state index is 13.1. The molecule has 2 rings (SSSR count). The van der Waals surface area contributed by atoms with E-state index in [2.05, 4.69) is 29.4 Å². The quantitative estimate of drug-likeness (QED) is 0.914. The molecule has 1 heterocycles. The summed E-state index contributed by atoms with van der Waals surface area (Å²) in [5, 5.41) is 13.3. The van der Waals surface area contributed by atoms with Crippen LogP contribution in [0.2, 0.25) is 5.02 Å². The largest absolute Gasteiger partial charge is 0.310 e. The lowest BCUT2D eigenvalue weighted by atomic mass is 10.2. The maximum Gasteiger partial charge on any atom is 0.147 e. The van der Waals surface area contributed by atoms with Crippen LogP contribution in [0.1, 0.15) is 18.9 Å². The normalized spacial score (nSPS) is 11.2. The summed E-state index contributed by atoms with van der Waals surface area (Å²) < 4.78 is 13.1. The Morgan fingerprint density at radius 3 is 2.84 bits per heavy atom. The van der Waals surface area contributed by atoms with Crippen LogP contribution in [0.5, 0.6) is 0 Å². The minimum Gasteiger partial charge on any atom is -0.310 e. The Labute approximate surface area is 120 Å². The molecule has 102 valence electrons. The van der Waals surface area contributed by atoms with E-state index in [9.17, 15) is 4.39 Å². The summed E-state index contributed by atoms with van der Waals surface area (Å²) in [6.07, 6.45) is 0. The van der Waals surface area contributed by atoms with E-state index < -0.39 is 5.82 Å². The average Bonchev–Trinajstić information content (AvgIpc) is 2.81. The third-order valence-electron chi connectivity index (χ3n) is 2.46. The number of halogens is 2. The van der Waals surface area contributed by atoms with Crippen molar-refractivity contribution in [1.82, 2.24) is 15.5 Å². The second-order valence-corrected chi connectivity index (χ2v) is 6.12. The van der Waals surface area contributed by atoms with Crippen molar-refractivity contribution in [1.29, 1.82) is 0 Å². The van der Waals surface area contributed by atoms with Gasteiger partial charge < -0.3 is 5.32 Å². The van der Waals surface area contributed by atoms with Gasteiger partial charge >= 0.3 is 0 Å². The van der Waals surface area contributed by atoms with E-state index in [1.54, 1.807) is 12.1 Å². The number of hydrogen-bond acceptors (Lipinski definition) is 4.